The molecule has 2 aromatic carbocycles. The average Bonchev–Trinajstić information content (AvgIpc) is 3.77. The first-order chi connectivity index (χ1) is 33.4. The fourth-order valence-electron chi connectivity index (χ4n) is 8.60. The Hall–Kier alpha value is -4.73. The van der Waals surface area contributed by atoms with E-state index in [-0.39, 0.29) is 11.8 Å². The van der Waals surface area contributed by atoms with Crippen LogP contribution in [0.5, 0.6) is 0 Å². The molecule has 0 aliphatic carbocycles. The maximum atomic E-state index is 13.4. The largest absolute Gasteiger partial charge is 0.350 e. The lowest BCUT2D eigenvalue weighted by Gasteiger charge is -2.40. The van der Waals surface area contributed by atoms with Crippen molar-refractivity contribution in [2.24, 2.45) is 0 Å². The van der Waals surface area contributed by atoms with E-state index in [1.807, 2.05) is 26.0 Å². The number of hydrogen-bond donors (Lipinski definition) is 0. The Kier molecular flexibility index (Phi) is 28.6. The number of allylic oxidation sites excluding steroid dienone is 8. The van der Waals surface area contributed by atoms with Gasteiger partial charge in [0.25, 0.3) is 23.6 Å². The fraction of sp³-hybridized carbons (Fsp3) is 0.583. The summed E-state index contributed by atoms with van der Waals surface area (Å²) in [5.41, 5.74) is -0.402. The minimum Gasteiger partial charge on any atom is -0.350 e. The number of ether oxygens (including phenoxy) is 2. The number of fused-ring (bicyclic) bond motifs is 2. The number of amides is 4. The van der Waals surface area contributed by atoms with Crippen LogP contribution in [-0.2, 0) is 14.3 Å². The Morgan fingerprint density at radius 3 is 1.07 bits per heavy atom. The van der Waals surface area contributed by atoms with Gasteiger partial charge in [-0.05, 0) is 129 Å². The fourth-order valence-corrected chi connectivity index (χ4v) is 8.60. The third kappa shape index (κ3) is 20.3. The highest BCUT2D eigenvalue weighted by atomic mass is 16.7. The molecule has 0 radical (unpaired) electrons. The third-order valence-corrected chi connectivity index (χ3v) is 12.8. The summed E-state index contributed by atoms with van der Waals surface area (Å²) in [7, 11) is 0. The summed E-state index contributed by atoms with van der Waals surface area (Å²) >= 11 is 0. The van der Waals surface area contributed by atoms with Crippen LogP contribution in [0.3, 0.4) is 0 Å². The molecule has 0 fully saturated rings. The molecule has 0 spiro atoms. The van der Waals surface area contributed by atoms with Crippen LogP contribution < -0.4 is 0 Å². The van der Waals surface area contributed by atoms with Crippen LogP contribution in [0.25, 0.3) is 0 Å². The number of carbonyl (C=O) groups excluding carboxylic acids is 5. The Labute approximate surface area is 417 Å². The molecule has 380 valence electrons. The predicted molar refractivity (Wildman–Crippen MR) is 283 cm³/mol. The molecular formula is C60H88N2O7. The standard InChI is InChI=1S/C48H77NO4.C12H11NO3/c1-5-7-9-11-13-15-17-19-21-23-25-27-29-31-33-37-41-52-47(48(3,4)49-45(50)43-39-35-36-40-44(43)46(49)51)53-42-38-34-32-30-28-26-24-22-20-18-16-14-12-10-8-6-2;1-12(2,7-14)13-10(15)8-5-3-4-6-9(8)11(13)16/h13-16,19-22,35-36,39-40,47H,5-12,17-18,23-34,37-38,41-42H2,1-4H3;3-7H,1-2H3/b15-13-,16-14-,21-19-,22-20-;. The van der Waals surface area contributed by atoms with Gasteiger partial charge >= 0.3 is 0 Å². The first-order valence-corrected chi connectivity index (χ1v) is 26.7. The van der Waals surface area contributed by atoms with Crippen molar-refractivity contribution in [3.63, 3.8) is 0 Å². The second-order valence-corrected chi connectivity index (χ2v) is 19.6. The van der Waals surface area contributed by atoms with Gasteiger partial charge in [-0.1, -0.05) is 164 Å². The van der Waals surface area contributed by atoms with Crippen molar-refractivity contribution in [3.8, 4) is 0 Å². The van der Waals surface area contributed by atoms with E-state index >= 15 is 0 Å². The van der Waals surface area contributed by atoms with E-state index in [0.29, 0.717) is 41.8 Å². The monoisotopic (exact) mass is 949 g/mol. The first kappa shape index (κ1) is 58.6. The molecule has 0 bridgehead atoms. The third-order valence-electron chi connectivity index (χ3n) is 12.8. The molecule has 0 unspecified atom stereocenters. The van der Waals surface area contributed by atoms with Gasteiger partial charge in [-0.25, -0.2) is 0 Å². The molecule has 69 heavy (non-hydrogen) atoms. The highest BCUT2D eigenvalue weighted by Crippen LogP contribution is 2.33. The molecule has 2 aromatic rings. The number of nitrogens with zero attached hydrogens (tertiary/aromatic N) is 2. The van der Waals surface area contributed by atoms with Crippen LogP contribution in [0.4, 0.5) is 0 Å². The van der Waals surface area contributed by atoms with E-state index in [1.54, 1.807) is 50.2 Å². The van der Waals surface area contributed by atoms with Gasteiger partial charge in [0.05, 0.1) is 27.8 Å². The van der Waals surface area contributed by atoms with Crippen molar-refractivity contribution in [3.05, 3.63) is 119 Å². The second kappa shape index (κ2) is 33.7. The zero-order valence-corrected chi connectivity index (χ0v) is 43.5. The number of benzene rings is 2. The van der Waals surface area contributed by atoms with E-state index in [9.17, 15) is 24.0 Å². The van der Waals surface area contributed by atoms with E-state index in [2.05, 4.69) is 62.5 Å². The van der Waals surface area contributed by atoms with Gasteiger partial charge in [0.15, 0.2) is 6.29 Å². The zero-order chi connectivity index (χ0) is 50.2. The molecule has 9 heteroatoms. The minimum absolute atomic E-state index is 0.268. The Morgan fingerprint density at radius 2 is 0.739 bits per heavy atom. The van der Waals surface area contributed by atoms with Crippen LogP contribution in [0.2, 0.25) is 0 Å². The van der Waals surface area contributed by atoms with Gasteiger partial charge < -0.3 is 14.3 Å². The predicted octanol–water partition coefficient (Wildman–Crippen LogP) is 15.3. The molecule has 0 saturated carbocycles. The van der Waals surface area contributed by atoms with Crippen LogP contribution in [0.15, 0.2) is 97.1 Å². The SMILES string of the molecule is CC(C)(C=O)N1C(=O)c2ccccc2C1=O.CCCCC/C=C\C/C=C\CCCCCCCCOC(OCCCCCCCC/C=C\C/C=C\CCCCC)C(C)(C)N1C(=O)c2ccccc2C1=O. The van der Waals surface area contributed by atoms with Crippen LogP contribution in [-0.4, -0.2) is 70.3 Å². The van der Waals surface area contributed by atoms with Crippen molar-refractivity contribution in [1.29, 1.82) is 0 Å². The zero-order valence-electron chi connectivity index (χ0n) is 43.5. The molecule has 2 heterocycles. The molecule has 4 rings (SSSR count). The average molecular weight is 949 g/mol. The molecule has 9 nitrogen and oxygen atoms in total. The first-order valence-electron chi connectivity index (χ1n) is 26.7. The summed E-state index contributed by atoms with van der Waals surface area (Å²) in [4.78, 5) is 64.0. The topological polar surface area (TPSA) is 110 Å². The summed E-state index contributed by atoms with van der Waals surface area (Å²) in [6.07, 6.45) is 47.0. The summed E-state index contributed by atoms with van der Waals surface area (Å²) in [6, 6.07) is 13.7. The van der Waals surface area contributed by atoms with Crippen molar-refractivity contribution >= 4 is 29.9 Å². The Bertz CT molecular complexity index is 1840. The van der Waals surface area contributed by atoms with Crippen LogP contribution in [0, 0.1) is 0 Å². The van der Waals surface area contributed by atoms with Crippen LogP contribution in [0.1, 0.15) is 237 Å². The number of carbonyl (C=O) groups is 5. The van der Waals surface area contributed by atoms with Gasteiger partial charge in [0, 0.05) is 13.2 Å². The summed E-state index contributed by atoms with van der Waals surface area (Å²) in [5.74, 6) is -1.35. The van der Waals surface area contributed by atoms with Gasteiger partial charge in [0.1, 0.15) is 11.8 Å². The number of aldehydes is 1. The smallest absolute Gasteiger partial charge is 0.262 e. The quantitative estimate of drug-likeness (QED) is 0.0220. The number of hydrogen-bond acceptors (Lipinski definition) is 7. The normalized spacial score (nSPS) is 14.1. The lowest BCUT2D eigenvalue weighted by molar-refractivity contribution is -0.195. The lowest BCUT2D eigenvalue weighted by atomic mass is 10.0. The Morgan fingerprint density at radius 1 is 0.435 bits per heavy atom. The second-order valence-electron chi connectivity index (χ2n) is 19.6. The number of imide groups is 2. The van der Waals surface area contributed by atoms with Crippen molar-refractivity contribution in [2.45, 2.75) is 213 Å². The number of rotatable bonds is 36. The highest BCUT2D eigenvalue weighted by molar-refractivity contribution is 6.23. The van der Waals surface area contributed by atoms with Gasteiger partial charge in [-0.3, -0.25) is 29.0 Å². The van der Waals surface area contributed by atoms with E-state index in [4.69, 9.17) is 9.47 Å². The minimum atomic E-state index is -1.10. The van der Waals surface area contributed by atoms with Gasteiger partial charge in [-0.2, -0.15) is 0 Å². The molecule has 2 aliphatic heterocycles. The molecule has 2 aliphatic rings. The lowest BCUT2D eigenvalue weighted by Crippen LogP contribution is -2.56. The van der Waals surface area contributed by atoms with Gasteiger partial charge in [-0.15, -0.1) is 0 Å². The van der Waals surface area contributed by atoms with E-state index in [1.165, 1.54) is 108 Å². The molecular weight excluding hydrogens is 861 g/mol. The molecule has 0 saturated heterocycles. The highest BCUT2D eigenvalue weighted by Gasteiger charge is 2.49. The summed E-state index contributed by atoms with van der Waals surface area (Å²) in [6.45, 7) is 12.5. The number of unbranched alkanes of at least 4 members (excludes halogenated alkanes) is 18. The van der Waals surface area contributed by atoms with Crippen molar-refractivity contribution in [1.82, 2.24) is 9.80 Å². The molecule has 4 amide bonds. The van der Waals surface area contributed by atoms with Crippen molar-refractivity contribution in [2.75, 3.05) is 13.2 Å². The summed E-state index contributed by atoms with van der Waals surface area (Å²) in [5, 5.41) is 0. The summed E-state index contributed by atoms with van der Waals surface area (Å²) < 4.78 is 12.7. The van der Waals surface area contributed by atoms with E-state index in [0.717, 1.165) is 56.3 Å². The maximum absolute atomic E-state index is 13.4. The van der Waals surface area contributed by atoms with Gasteiger partial charge in [0.2, 0.25) is 0 Å². The van der Waals surface area contributed by atoms with E-state index < -0.39 is 29.2 Å². The Balaban J connectivity index is 0.000000656. The maximum Gasteiger partial charge on any atom is 0.262 e. The van der Waals surface area contributed by atoms with Crippen molar-refractivity contribution < 1.29 is 33.4 Å². The molecule has 0 atom stereocenters. The molecule has 0 N–H and O–H groups in total. The van der Waals surface area contributed by atoms with Crippen LogP contribution >= 0.6 is 0 Å². The molecule has 0 aromatic heterocycles.